The molecule has 1 heterocycles. The smallest absolute Gasteiger partial charge is 0.231 e. The maximum absolute atomic E-state index is 14.1. The summed E-state index contributed by atoms with van der Waals surface area (Å²) in [5, 5.41) is 12.2. The fourth-order valence-corrected chi connectivity index (χ4v) is 5.68. The Labute approximate surface area is 233 Å². The molecule has 216 valence electrons. The molecule has 0 spiro atoms. The van der Waals surface area contributed by atoms with Gasteiger partial charge in [-0.1, -0.05) is 142 Å². The number of unbranched alkanes of at least 4 members (excludes halogenated alkanes) is 11. The first-order chi connectivity index (χ1) is 18.4. The minimum Gasteiger partial charge on any atom is -0.325 e. The molecule has 1 aromatic carbocycles. The molecule has 0 bridgehead atoms. The van der Waals surface area contributed by atoms with Gasteiger partial charge in [-0.25, -0.2) is 5.53 Å². The van der Waals surface area contributed by atoms with Gasteiger partial charge in [0.2, 0.25) is 5.91 Å². The Balaban J connectivity index is 2.09. The van der Waals surface area contributed by atoms with Gasteiger partial charge in [-0.15, -0.1) is 5.11 Å². The van der Waals surface area contributed by atoms with E-state index in [1.165, 1.54) is 68.9 Å². The van der Waals surface area contributed by atoms with Crippen LogP contribution in [0.25, 0.3) is 0 Å². The van der Waals surface area contributed by atoms with Crippen LogP contribution in [-0.4, -0.2) is 11.6 Å². The third-order valence-corrected chi connectivity index (χ3v) is 8.07. The van der Waals surface area contributed by atoms with E-state index in [2.05, 4.69) is 86.4 Å². The van der Waals surface area contributed by atoms with Crippen LogP contribution in [0.2, 0.25) is 0 Å². The summed E-state index contributed by atoms with van der Waals surface area (Å²) < 4.78 is 0. The molecule has 3 N–H and O–H groups in total. The lowest BCUT2D eigenvalue weighted by molar-refractivity contribution is -0.123. The first kappa shape index (κ1) is 32.3. The summed E-state index contributed by atoms with van der Waals surface area (Å²) in [6, 6.07) is 6.40. The maximum Gasteiger partial charge on any atom is 0.231 e. The molecule has 2 atom stereocenters. The number of nitrogens with zero attached hydrogens (tertiary/aromatic N) is 2. The summed E-state index contributed by atoms with van der Waals surface area (Å²) in [6.07, 6.45) is 17.8. The number of carbonyl (C=O) groups excluding carboxylic acids is 1. The first-order valence-electron chi connectivity index (χ1n) is 15.7. The Hall–Kier alpha value is -1.95. The SMILES string of the molecule is CCCCCCCCCCCCC1(C(CCCCC)C(=O)Nc2c(C(C)C)cccc2C(C)C)N=NNN1. The zero-order chi connectivity index (χ0) is 27.8. The molecule has 2 rings (SSSR count). The number of amides is 1. The summed E-state index contributed by atoms with van der Waals surface area (Å²) in [5.41, 5.74) is 8.88. The minimum absolute atomic E-state index is 0.0540. The molecule has 1 aliphatic rings. The van der Waals surface area contributed by atoms with Gasteiger partial charge in [0, 0.05) is 5.69 Å². The third kappa shape index (κ3) is 9.98. The predicted octanol–water partition coefficient (Wildman–Crippen LogP) is 9.55. The fourth-order valence-electron chi connectivity index (χ4n) is 5.68. The lowest BCUT2D eigenvalue weighted by Crippen LogP contribution is -2.54. The number of hydrogen-bond donors (Lipinski definition) is 3. The van der Waals surface area contributed by atoms with Crippen molar-refractivity contribution in [2.75, 3.05) is 5.32 Å². The van der Waals surface area contributed by atoms with Gasteiger partial charge in [0.05, 0.1) is 5.92 Å². The number of hydrazine groups is 1. The van der Waals surface area contributed by atoms with Crippen molar-refractivity contribution in [1.29, 1.82) is 0 Å². The largest absolute Gasteiger partial charge is 0.325 e. The van der Waals surface area contributed by atoms with E-state index < -0.39 is 5.66 Å². The number of benzene rings is 1. The highest BCUT2D eigenvalue weighted by Gasteiger charge is 2.45. The van der Waals surface area contributed by atoms with Crippen LogP contribution in [0.1, 0.15) is 161 Å². The second-order valence-electron chi connectivity index (χ2n) is 12.0. The lowest BCUT2D eigenvalue weighted by atomic mass is 9.83. The lowest BCUT2D eigenvalue weighted by Gasteiger charge is -2.33. The van der Waals surface area contributed by atoms with Crippen molar-refractivity contribution in [1.82, 2.24) is 11.0 Å². The zero-order valence-electron chi connectivity index (χ0n) is 25.4. The van der Waals surface area contributed by atoms with Gasteiger partial charge in [0.25, 0.3) is 0 Å². The Morgan fingerprint density at radius 3 is 1.84 bits per heavy atom. The monoisotopic (exact) mass is 527 g/mol. The van der Waals surface area contributed by atoms with Crippen molar-refractivity contribution in [2.24, 2.45) is 16.3 Å². The molecule has 38 heavy (non-hydrogen) atoms. The highest BCUT2D eigenvalue weighted by atomic mass is 16.2. The molecule has 1 amide bonds. The topological polar surface area (TPSA) is 77.9 Å². The van der Waals surface area contributed by atoms with E-state index in [1.54, 1.807) is 0 Å². The van der Waals surface area contributed by atoms with E-state index >= 15 is 0 Å². The minimum atomic E-state index is -0.692. The molecule has 0 radical (unpaired) electrons. The quantitative estimate of drug-likeness (QED) is 0.148. The molecule has 2 unspecified atom stereocenters. The summed E-state index contributed by atoms with van der Waals surface area (Å²) in [7, 11) is 0. The maximum atomic E-state index is 14.1. The van der Waals surface area contributed by atoms with Crippen molar-refractivity contribution in [2.45, 2.75) is 155 Å². The van der Waals surface area contributed by atoms with E-state index in [0.717, 1.165) is 44.2 Å². The molecule has 1 aromatic rings. The molecular weight excluding hydrogens is 470 g/mol. The van der Waals surface area contributed by atoms with Gasteiger partial charge in [-0.05, 0) is 42.2 Å². The van der Waals surface area contributed by atoms with Crippen LogP contribution in [0.4, 0.5) is 5.69 Å². The van der Waals surface area contributed by atoms with Gasteiger partial charge in [-0.3, -0.25) is 4.79 Å². The fraction of sp³-hybridized carbons (Fsp3) is 0.781. The standard InChI is InChI=1S/C32H57N5O/c1-7-9-11-12-13-14-15-16-17-19-24-32(34-36-37-35-32)29(23-18-10-8-2)31(38)33-30-27(25(3)4)21-20-22-28(30)26(5)6/h20-22,25-26,29H,7-19,23-24H2,1-6H3,(H,33,38)(H,34,37)(H,35,36). The van der Waals surface area contributed by atoms with Crippen molar-refractivity contribution in [3.8, 4) is 0 Å². The van der Waals surface area contributed by atoms with Crippen LogP contribution in [0.15, 0.2) is 28.5 Å². The average molecular weight is 528 g/mol. The summed E-state index contributed by atoms with van der Waals surface area (Å²) in [5.74, 6) is 0.424. The molecule has 0 aliphatic carbocycles. The van der Waals surface area contributed by atoms with Gasteiger partial charge < -0.3 is 5.32 Å². The molecule has 6 nitrogen and oxygen atoms in total. The van der Waals surface area contributed by atoms with E-state index in [-0.39, 0.29) is 11.8 Å². The van der Waals surface area contributed by atoms with E-state index in [9.17, 15) is 4.79 Å². The Morgan fingerprint density at radius 1 is 0.816 bits per heavy atom. The van der Waals surface area contributed by atoms with Crippen LogP contribution in [0.3, 0.4) is 0 Å². The van der Waals surface area contributed by atoms with Gasteiger partial charge in [-0.2, -0.15) is 5.43 Å². The Kier molecular flexibility index (Phi) is 14.9. The highest BCUT2D eigenvalue weighted by molar-refractivity contribution is 5.95. The van der Waals surface area contributed by atoms with Crippen LogP contribution in [-0.2, 0) is 4.79 Å². The number of para-hydroxylation sites is 1. The molecule has 0 saturated heterocycles. The van der Waals surface area contributed by atoms with Gasteiger partial charge in [0.1, 0.15) is 0 Å². The van der Waals surface area contributed by atoms with Crippen LogP contribution in [0, 0.1) is 5.92 Å². The highest BCUT2D eigenvalue weighted by Crippen LogP contribution is 2.36. The number of rotatable bonds is 20. The molecular formula is C32H57N5O. The molecule has 1 aliphatic heterocycles. The van der Waals surface area contributed by atoms with Crippen molar-refractivity contribution in [3.05, 3.63) is 29.3 Å². The molecule has 0 aromatic heterocycles. The van der Waals surface area contributed by atoms with Gasteiger partial charge >= 0.3 is 0 Å². The molecule has 6 heteroatoms. The summed E-state index contributed by atoms with van der Waals surface area (Å²) in [6.45, 7) is 13.2. The summed E-state index contributed by atoms with van der Waals surface area (Å²) in [4.78, 5) is 14.1. The van der Waals surface area contributed by atoms with Crippen LogP contribution < -0.4 is 16.3 Å². The van der Waals surface area contributed by atoms with Crippen molar-refractivity contribution < 1.29 is 4.79 Å². The van der Waals surface area contributed by atoms with Crippen molar-refractivity contribution >= 4 is 11.6 Å². The average Bonchev–Trinajstić information content (AvgIpc) is 3.37. The first-order valence-corrected chi connectivity index (χ1v) is 15.7. The molecule has 0 fully saturated rings. The zero-order valence-corrected chi connectivity index (χ0v) is 25.4. The third-order valence-electron chi connectivity index (χ3n) is 8.07. The summed E-state index contributed by atoms with van der Waals surface area (Å²) >= 11 is 0. The predicted molar refractivity (Wildman–Crippen MR) is 161 cm³/mol. The van der Waals surface area contributed by atoms with E-state index in [4.69, 9.17) is 0 Å². The number of nitrogens with one attached hydrogen (secondary N) is 3. The second kappa shape index (κ2) is 17.6. The van der Waals surface area contributed by atoms with Gasteiger partial charge in [0.15, 0.2) is 5.66 Å². The van der Waals surface area contributed by atoms with Crippen LogP contribution in [0.5, 0.6) is 0 Å². The normalized spacial score (nSPS) is 17.8. The van der Waals surface area contributed by atoms with Crippen molar-refractivity contribution in [3.63, 3.8) is 0 Å². The second-order valence-corrected chi connectivity index (χ2v) is 12.0. The molecule has 0 saturated carbocycles. The van der Waals surface area contributed by atoms with E-state index in [1.807, 2.05) is 0 Å². The Bertz CT molecular complexity index is 811. The Morgan fingerprint density at radius 2 is 1.34 bits per heavy atom. The number of hydrogen-bond acceptors (Lipinski definition) is 5. The van der Waals surface area contributed by atoms with E-state index in [0.29, 0.717) is 11.8 Å². The number of anilines is 1. The number of carbonyl (C=O) groups is 1. The van der Waals surface area contributed by atoms with Crippen LogP contribution >= 0.6 is 0 Å².